The lowest BCUT2D eigenvalue weighted by molar-refractivity contribution is -0.139. The van der Waals surface area contributed by atoms with Crippen molar-refractivity contribution in [2.75, 3.05) is 26.3 Å². The molecule has 0 saturated carbocycles. The van der Waals surface area contributed by atoms with Gasteiger partial charge < -0.3 is 9.64 Å². The van der Waals surface area contributed by atoms with Crippen LogP contribution in [-0.2, 0) is 9.53 Å². The summed E-state index contributed by atoms with van der Waals surface area (Å²) in [5.74, 6) is 0.159. The molecule has 1 fully saturated rings. The lowest BCUT2D eigenvalue weighted by atomic mass is 9.67. The van der Waals surface area contributed by atoms with Gasteiger partial charge in [-0.25, -0.2) is 0 Å². The van der Waals surface area contributed by atoms with Crippen molar-refractivity contribution in [1.82, 2.24) is 4.90 Å². The first-order valence-electron chi connectivity index (χ1n) is 8.30. The van der Waals surface area contributed by atoms with Gasteiger partial charge in [-0.15, -0.1) is 0 Å². The van der Waals surface area contributed by atoms with Gasteiger partial charge in [-0.1, -0.05) is 49.4 Å². The predicted molar refractivity (Wildman–Crippen MR) is 87.7 cm³/mol. The molecule has 3 rings (SSSR count). The van der Waals surface area contributed by atoms with E-state index in [2.05, 4.69) is 31.2 Å². The van der Waals surface area contributed by atoms with Gasteiger partial charge in [0.25, 0.3) is 0 Å². The number of amides is 1. The summed E-state index contributed by atoms with van der Waals surface area (Å²) in [5.41, 5.74) is 1.04. The monoisotopic (exact) mass is 299 g/mol. The number of allylic oxidation sites excluding steroid dienone is 2. The number of hydrogen-bond acceptors (Lipinski definition) is 2. The summed E-state index contributed by atoms with van der Waals surface area (Å²) < 4.78 is 5.40. The standard InChI is InChI=1S/C19H25NO2/c1-19(10-6-3-7-11-19)17(16-8-4-2-5-9-16)18(21)20-12-14-22-15-13-20/h2,4-6,8-10,17H,3,7,11-15H2,1H3/t17-,19-/m0/s1. The van der Waals surface area contributed by atoms with Crippen LogP contribution in [0.1, 0.15) is 37.7 Å². The molecule has 0 aromatic heterocycles. The Labute approximate surface area is 133 Å². The van der Waals surface area contributed by atoms with Crippen LogP contribution < -0.4 is 0 Å². The van der Waals surface area contributed by atoms with E-state index in [4.69, 9.17) is 4.74 Å². The maximum absolute atomic E-state index is 13.2. The highest BCUT2D eigenvalue weighted by Gasteiger charge is 2.41. The van der Waals surface area contributed by atoms with E-state index >= 15 is 0 Å². The van der Waals surface area contributed by atoms with Crippen LogP contribution in [0.15, 0.2) is 42.5 Å². The zero-order valence-corrected chi connectivity index (χ0v) is 13.3. The van der Waals surface area contributed by atoms with Crippen molar-refractivity contribution in [3.8, 4) is 0 Å². The van der Waals surface area contributed by atoms with Gasteiger partial charge >= 0.3 is 0 Å². The van der Waals surface area contributed by atoms with Crippen molar-refractivity contribution in [3.63, 3.8) is 0 Å². The number of rotatable bonds is 3. The number of ether oxygens (including phenoxy) is 1. The van der Waals surface area contributed by atoms with Gasteiger partial charge in [0.2, 0.25) is 5.91 Å². The summed E-state index contributed by atoms with van der Waals surface area (Å²) in [5, 5.41) is 0. The first kappa shape index (κ1) is 15.3. The minimum atomic E-state index is -0.0941. The smallest absolute Gasteiger partial charge is 0.231 e. The first-order valence-corrected chi connectivity index (χ1v) is 8.30. The molecule has 3 nitrogen and oxygen atoms in total. The number of hydrogen-bond donors (Lipinski definition) is 0. The minimum absolute atomic E-state index is 0.0883. The van der Waals surface area contributed by atoms with E-state index in [1.165, 1.54) is 0 Å². The normalized spacial score (nSPS) is 26.7. The largest absolute Gasteiger partial charge is 0.378 e. The molecule has 1 aliphatic carbocycles. The highest BCUT2D eigenvalue weighted by Crippen LogP contribution is 2.44. The van der Waals surface area contributed by atoms with E-state index in [1.54, 1.807) is 0 Å². The van der Waals surface area contributed by atoms with Crippen LogP contribution in [0.4, 0.5) is 0 Å². The SMILES string of the molecule is C[C@]1([C@H](C(=O)N2CCOCC2)c2ccccc2)C=CCCC1. The fourth-order valence-corrected chi connectivity index (χ4v) is 3.69. The molecule has 0 unspecified atom stereocenters. The zero-order chi connectivity index (χ0) is 15.4. The van der Waals surface area contributed by atoms with Gasteiger partial charge in [0.15, 0.2) is 0 Å². The predicted octanol–water partition coefficient (Wildman–Crippen LogP) is 3.38. The summed E-state index contributed by atoms with van der Waals surface area (Å²) in [7, 11) is 0. The van der Waals surface area contributed by atoms with Crippen LogP contribution in [0, 0.1) is 5.41 Å². The van der Waals surface area contributed by atoms with Crippen LogP contribution in [0.25, 0.3) is 0 Å². The molecule has 1 aliphatic heterocycles. The molecule has 3 heteroatoms. The molecule has 0 bridgehead atoms. The molecule has 1 amide bonds. The van der Waals surface area contributed by atoms with Crippen LogP contribution in [0.5, 0.6) is 0 Å². The second-order valence-corrected chi connectivity index (χ2v) is 6.58. The summed E-state index contributed by atoms with van der Waals surface area (Å²) >= 11 is 0. The van der Waals surface area contributed by atoms with E-state index in [0.29, 0.717) is 26.3 Å². The molecule has 1 aromatic carbocycles. The van der Waals surface area contributed by atoms with E-state index in [9.17, 15) is 4.79 Å². The van der Waals surface area contributed by atoms with Gasteiger partial charge in [-0.3, -0.25) is 4.79 Å². The van der Waals surface area contributed by atoms with Gasteiger partial charge in [0, 0.05) is 18.5 Å². The number of carbonyl (C=O) groups is 1. The Balaban J connectivity index is 1.94. The van der Waals surface area contributed by atoms with Gasteiger partial charge in [-0.2, -0.15) is 0 Å². The van der Waals surface area contributed by atoms with Crippen molar-refractivity contribution in [3.05, 3.63) is 48.0 Å². The van der Waals surface area contributed by atoms with Crippen LogP contribution in [0.3, 0.4) is 0 Å². The van der Waals surface area contributed by atoms with Gasteiger partial charge in [-0.05, 0) is 24.8 Å². The third-order valence-electron chi connectivity index (χ3n) is 4.95. The fraction of sp³-hybridized carbons (Fsp3) is 0.526. The number of carbonyl (C=O) groups excluding carboxylic acids is 1. The molecule has 118 valence electrons. The lowest BCUT2D eigenvalue weighted by Gasteiger charge is -2.40. The van der Waals surface area contributed by atoms with Crippen LogP contribution in [-0.4, -0.2) is 37.1 Å². The van der Waals surface area contributed by atoms with E-state index in [0.717, 1.165) is 24.8 Å². The molecule has 1 aromatic rings. The summed E-state index contributed by atoms with van der Waals surface area (Å²) in [6.45, 7) is 4.96. The topological polar surface area (TPSA) is 29.5 Å². The molecule has 0 spiro atoms. The molecular formula is C19H25NO2. The van der Waals surface area contributed by atoms with Crippen molar-refractivity contribution in [2.24, 2.45) is 5.41 Å². The van der Waals surface area contributed by atoms with Crippen molar-refractivity contribution < 1.29 is 9.53 Å². The van der Waals surface area contributed by atoms with Crippen LogP contribution >= 0.6 is 0 Å². The molecule has 1 saturated heterocycles. The Morgan fingerprint density at radius 1 is 1.23 bits per heavy atom. The third-order valence-corrected chi connectivity index (χ3v) is 4.95. The fourth-order valence-electron chi connectivity index (χ4n) is 3.69. The molecule has 0 N–H and O–H groups in total. The summed E-state index contributed by atoms with van der Waals surface area (Å²) in [6, 6.07) is 10.3. The van der Waals surface area contributed by atoms with Gasteiger partial charge in [0.05, 0.1) is 19.1 Å². The molecule has 2 aliphatic rings. The van der Waals surface area contributed by atoms with Crippen molar-refractivity contribution >= 4 is 5.91 Å². The summed E-state index contributed by atoms with van der Waals surface area (Å²) in [4.78, 5) is 15.2. The Kier molecular flexibility index (Phi) is 4.63. The Hall–Kier alpha value is -1.61. The Bertz CT molecular complexity index is 534. The highest BCUT2D eigenvalue weighted by molar-refractivity contribution is 5.85. The van der Waals surface area contributed by atoms with E-state index in [-0.39, 0.29) is 17.2 Å². The lowest BCUT2D eigenvalue weighted by Crippen LogP contribution is -2.46. The molecule has 0 radical (unpaired) electrons. The van der Waals surface area contributed by atoms with E-state index in [1.807, 2.05) is 23.1 Å². The van der Waals surface area contributed by atoms with Gasteiger partial charge in [0.1, 0.15) is 0 Å². The maximum atomic E-state index is 13.2. The maximum Gasteiger partial charge on any atom is 0.231 e. The second-order valence-electron chi connectivity index (χ2n) is 6.58. The average Bonchev–Trinajstić information content (AvgIpc) is 2.57. The van der Waals surface area contributed by atoms with Crippen molar-refractivity contribution in [1.29, 1.82) is 0 Å². The Morgan fingerprint density at radius 3 is 2.59 bits per heavy atom. The molecule has 2 atom stereocenters. The number of morpholine rings is 1. The highest BCUT2D eigenvalue weighted by atomic mass is 16.5. The Morgan fingerprint density at radius 2 is 1.95 bits per heavy atom. The number of nitrogens with zero attached hydrogens (tertiary/aromatic N) is 1. The van der Waals surface area contributed by atoms with Crippen molar-refractivity contribution in [2.45, 2.75) is 32.1 Å². The minimum Gasteiger partial charge on any atom is -0.378 e. The third kappa shape index (κ3) is 3.09. The van der Waals surface area contributed by atoms with E-state index < -0.39 is 0 Å². The quantitative estimate of drug-likeness (QED) is 0.801. The first-order chi connectivity index (χ1) is 10.7. The summed E-state index contributed by atoms with van der Waals surface area (Å²) in [6.07, 6.45) is 7.87. The molecular weight excluding hydrogens is 274 g/mol. The number of benzene rings is 1. The molecule has 1 heterocycles. The van der Waals surface area contributed by atoms with Crippen LogP contribution in [0.2, 0.25) is 0 Å². The average molecular weight is 299 g/mol. The zero-order valence-electron chi connectivity index (χ0n) is 13.3. The molecule has 22 heavy (non-hydrogen) atoms. The second kappa shape index (κ2) is 6.66.